The molecule has 0 aromatic heterocycles. The van der Waals surface area contributed by atoms with Gasteiger partial charge in [0.1, 0.15) is 5.75 Å². The lowest BCUT2D eigenvalue weighted by atomic mass is 9.81. The molecule has 0 spiro atoms. The number of carboxylic acid groups (broad SMARTS) is 1. The number of methoxy groups -OCH3 is 1. The van der Waals surface area contributed by atoms with E-state index >= 15 is 0 Å². The number of carboxylic acids is 1. The van der Waals surface area contributed by atoms with E-state index in [0.717, 1.165) is 30.7 Å². The lowest BCUT2D eigenvalue weighted by Gasteiger charge is -2.43. The van der Waals surface area contributed by atoms with Crippen LogP contribution in [-0.4, -0.2) is 54.2 Å². The molecule has 28 heavy (non-hydrogen) atoms. The Balaban J connectivity index is 1.51. The molecule has 0 heterocycles. The quantitative estimate of drug-likeness (QED) is 0.644. The summed E-state index contributed by atoms with van der Waals surface area (Å²) in [4.78, 5) is 26.1. The molecule has 0 unspecified atom stereocenters. The van der Waals surface area contributed by atoms with Gasteiger partial charge in [0, 0.05) is 24.0 Å². The zero-order chi connectivity index (χ0) is 20.3. The Kier molecular flexibility index (Phi) is 6.28. The minimum Gasteiger partial charge on any atom is -0.496 e. The van der Waals surface area contributed by atoms with Crippen molar-refractivity contribution in [2.24, 2.45) is 11.3 Å². The maximum Gasteiger partial charge on any atom is 0.317 e. The van der Waals surface area contributed by atoms with Crippen molar-refractivity contribution in [1.29, 1.82) is 0 Å². The van der Waals surface area contributed by atoms with Crippen molar-refractivity contribution in [2.45, 2.75) is 58.0 Å². The van der Waals surface area contributed by atoms with Crippen LogP contribution in [0.5, 0.6) is 5.75 Å². The highest BCUT2D eigenvalue weighted by atomic mass is 16.5. The van der Waals surface area contributed by atoms with Crippen molar-refractivity contribution in [2.75, 3.05) is 20.2 Å². The topological polar surface area (TPSA) is 78.9 Å². The van der Waals surface area contributed by atoms with Crippen LogP contribution in [0.3, 0.4) is 0 Å². The number of hydrogen-bond acceptors (Lipinski definition) is 4. The van der Waals surface area contributed by atoms with Gasteiger partial charge in [-0.25, -0.2) is 0 Å². The number of aliphatic carboxylic acids is 1. The van der Waals surface area contributed by atoms with Gasteiger partial charge in [-0.2, -0.15) is 0 Å². The largest absolute Gasteiger partial charge is 0.496 e. The summed E-state index contributed by atoms with van der Waals surface area (Å²) in [5.74, 6) is 0.726. The number of para-hydroxylation sites is 1. The van der Waals surface area contributed by atoms with Crippen LogP contribution in [0.15, 0.2) is 24.3 Å². The molecule has 0 radical (unpaired) electrons. The number of nitrogens with one attached hydrogen (secondary N) is 1. The second-order valence-electron chi connectivity index (χ2n) is 8.93. The Morgan fingerprint density at radius 2 is 1.93 bits per heavy atom. The van der Waals surface area contributed by atoms with Crippen LogP contribution in [0, 0.1) is 11.3 Å². The fourth-order valence-electron chi connectivity index (χ4n) is 3.94. The van der Waals surface area contributed by atoms with Gasteiger partial charge in [-0.3, -0.25) is 14.5 Å². The highest BCUT2D eigenvalue weighted by Crippen LogP contribution is 2.34. The average molecular weight is 389 g/mol. The van der Waals surface area contributed by atoms with Gasteiger partial charge in [0.25, 0.3) is 0 Å². The third-order valence-electron chi connectivity index (χ3n) is 5.93. The predicted octanol–water partition coefficient (Wildman–Crippen LogP) is 2.71. The highest BCUT2D eigenvalue weighted by molar-refractivity contribution is 5.82. The molecule has 154 valence electrons. The van der Waals surface area contributed by atoms with E-state index in [1.165, 1.54) is 12.8 Å². The zero-order valence-corrected chi connectivity index (χ0v) is 17.1. The van der Waals surface area contributed by atoms with Crippen LogP contribution < -0.4 is 10.1 Å². The van der Waals surface area contributed by atoms with E-state index in [1.54, 1.807) is 7.11 Å². The number of benzene rings is 1. The van der Waals surface area contributed by atoms with E-state index in [2.05, 4.69) is 10.2 Å². The third kappa shape index (κ3) is 5.25. The molecule has 1 aromatic rings. The van der Waals surface area contributed by atoms with Crippen molar-refractivity contribution >= 4 is 11.9 Å². The van der Waals surface area contributed by atoms with Gasteiger partial charge >= 0.3 is 5.97 Å². The average Bonchev–Trinajstić information content (AvgIpc) is 3.40. The molecule has 2 aliphatic carbocycles. The number of carbonyl (C=O) groups is 2. The normalized spacial score (nSPS) is 21.9. The van der Waals surface area contributed by atoms with Gasteiger partial charge in [-0.1, -0.05) is 32.0 Å². The van der Waals surface area contributed by atoms with Gasteiger partial charge < -0.3 is 15.2 Å². The Morgan fingerprint density at radius 3 is 2.54 bits per heavy atom. The number of carbonyl (C=O) groups excluding carboxylic acids is 1. The lowest BCUT2D eigenvalue weighted by Crippen LogP contribution is -2.57. The molecule has 2 aliphatic rings. The Bertz CT molecular complexity index is 708. The lowest BCUT2D eigenvalue weighted by molar-refractivity contribution is -0.140. The van der Waals surface area contributed by atoms with Crippen molar-refractivity contribution < 1.29 is 19.4 Å². The fourth-order valence-corrected chi connectivity index (χ4v) is 3.94. The summed E-state index contributed by atoms with van der Waals surface area (Å²) in [6.07, 6.45) is 4.68. The molecular weight excluding hydrogens is 356 g/mol. The minimum absolute atomic E-state index is 0.0360. The second kappa shape index (κ2) is 8.52. The number of ether oxygens (including phenoxy) is 1. The molecular formula is C22H32N2O4. The molecule has 0 bridgehead atoms. The van der Waals surface area contributed by atoms with Gasteiger partial charge in [-0.05, 0) is 49.7 Å². The van der Waals surface area contributed by atoms with Gasteiger partial charge in [0.15, 0.2) is 0 Å². The van der Waals surface area contributed by atoms with Crippen molar-refractivity contribution in [3.05, 3.63) is 29.8 Å². The fraction of sp³-hybridized carbons (Fsp3) is 0.636. The number of rotatable bonds is 10. The van der Waals surface area contributed by atoms with Crippen molar-refractivity contribution in [1.82, 2.24) is 10.2 Å². The Labute approximate surface area is 167 Å². The van der Waals surface area contributed by atoms with Crippen molar-refractivity contribution in [3.63, 3.8) is 0 Å². The summed E-state index contributed by atoms with van der Waals surface area (Å²) >= 11 is 0. The molecule has 0 saturated heterocycles. The summed E-state index contributed by atoms with van der Waals surface area (Å²) in [5, 5.41) is 12.3. The Morgan fingerprint density at radius 1 is 1.25 bits per heavy atom. The molecule has 2 saturated carbocycles. The van der Waals surface area contributed by atoms with Gasteiger partial charge in [0.05, 0.1) is 13.7 Å². The first-order chi connectivity index (χ1) is 13.3. The summed E-state index contributed by atoms with van der Waals surface area (Å²) in [6.45, 7) is 4.88. The molecule has 2 N–H and O–H groups in total. The first-order valence-electron chi connectivity index (χ1n) is 10.2. The Hall–Kier alpha value is -2.08. The summed E-state index contributed by atoms with van der Waals surface area (Å²) in [7, 11) is 1.64. The molecule has 0 atom stereocenters. The van der Waals surface area contributed by atoms with E-state index in [9.17, 15) is 9.59 Å². The molecule has 1 aromatic carbocycles. The number of nitrogens with zero attached hydrogens (tertiary/aromatic N) is 1. The van der Waals surface area contributed by atoms with E-state index in [1.807, 2.05) is 38.1 Å². The maximum absolute atomic E-state index is 12.9. The summed E-state index contributed by atoms with van der Waals surface area (Å²) in [6, 6.07) is 8.18. The summed E-state index contributed by atoms with van der Waals surface area (Å²) in [5.41, 5.74) is 0.475. The van der Waals surface area contributed by atoms with Crippen LogP contribution in [0.4, 0.5) is 0 Å². The van der Waals surface area contributed by atoms with E-state index in [-0.39, 0.29) is 24.5 Å². The predicted molar refractivity (Wildman–Crippen MR) is 107 cm³/mol. The van der Waals surface area contributed by atoms with Crippen LogP contribution in [0.2, 0.25) is 0 Å². The molecule has 0 aliphatic heterocycles. The van der Waals surface area contributed by atoms with Gasteiger partial charge in [-0.15, -0.1) is 0 Å². The van der Waals surface area contributed by atoms with Crippen LogP contribution >= 0.6 is 0 Å². The van der Waals surface area contributed by atoms with Crippen LogP contribution in [-0.2, 0) is 16.0 Å². The molecule has 1 amide bonds. The maximum atomic E-state index is 12.9. The highest BCUT2D eigenvalue weighted by Gasteiger charge is 2.39. The van der Waals surface area contributed by atoms with Crippen LogP contribution in [0.1, 0.15) is 45.1 Å². The monoisotopic (exact) mass is 388 g/mol. The van der Waals surface area contributed by atoms with E-state index in [0.29, 0.717) is 12.3 Å². The smallest absolute Gasteiger partial charge is 0.317 e. The SMILES string of the molecule is COc1ccccc1CC(C)(C)C(=O)NC1CC(N(CC(=O)O)CC2CC2)C1. The second-order valence-corrected chi connectivity index (χ2v) is 8.93. The zero-order valence-electron chi connectivity index (χ0n) is 17.1. The number of hydrogen-bond donors (Lipinski definition) is 2. The number of amides is 1. The molecule has 6 heteroatoms. The van der Waals surface area contributed by atoms with Crippen LogP contribution in [0.25, 0.3) is 0 Å². The minimum atomic E-state index is -0.772. The molecule has 6 nitrogen and oxygen atoms in total. The summed E-state index contributed by atoms with van der Waals surface area (Å²) < 4.78 is 5.41. The molecule has 2 fully saturated rings. The van der Waals surface area contributed by atoms with E-state index in [4.69, 9.17) is 9.84 Å². The van der Waals surface area contributed by atoms with E-state index < -0.39 is 11.4 Å². The standard InChI is InChI=1S/C22H32N2O4/c1-22(2,12-16-6-4-5-7-19(16)28-3)21(27)23-17-10-18(11-17)24(14-20(25)26)13-15-8-9-15/h4-7,15,17-18H,8-14H2,1-3H3,(H,23,27)(H,25,26). The first kappa shape index (κ1) is 20.6. The molecule has 3 rings (SSSR count). The van der Waals surface area contributed by atoms with Gasteiger partial charge in [0.2, 0.25) is 5.91 Å². The first-order valence-corrected chi connectivity index (χ1v) is 10.2. The van der Waals surface area contributed by atoms with Crippen molar-refractivity contribution in [3.8, 4) is 5.75 Å². The third-order valence-corrected chi connectivity index (χ3v) is 5.93.